The minimum Gasteiger partial charge on any atom is -0.394 e. The van der Waals surface area contributed by atoms with Gasteiger partial charge in [-0.15, -0.1) is 23.7 Å². The second-order valence-corrected chi connectivity index (χ2v) is 23.2. The molecule has 0 spiro atoms. The Morgan fingerprint density at radius 2 is 1.07 bits per heavy atom. The standard InChI is InChI=1S/C11H12N4S.C10H13N3.C10H15NO.C9H10BrN3O.C9H11N3O.C7H10O.C2H7N3.C2H5NS.ClH/c1-6-14-10-8(16-6)4-3-7-5-13-11(12-2)15-9(7)10;1-7-4-3-5-8-6-12-10(11-2)13-9(7)8;1-8-5-4-6-9(10(8)12)7-11(2)3;1-11-9-12-4-5-2-3-6(10)8(14)7(5)13-9;1-10-9-11-5-6-3-2-4-7(13)8(6)12-9;1-6-4-2-3-5-7(6)8;1-5-2(3)4;1-2(3)4;/h5H,3-4H2,1-2H3,(H,12,13,15);4,6H,3,5H2,1-2H3,(H,11,12,13);5,7H,4,6H2,1-3H3;4,6H,2-3H2,1H3,(H,11,12,13);5H,2-4H2,1H3,(H,10,11,12);4H,2-3,5H2,1H3;1H3,(H4,3,4,5);1H3,(H2,3,4);1H/b;;9-7-;;;;;;. The molecule has 86 heavy (non-hydrogen) atoms. The van der Waals surface area contributed by atoms with E-state index in [1.165, 1.54) is 28.6 Å². The normalized spacial score (nSPS) is 15.8. The first kappa shape index (κ1) is 72.8. The van der Waals surface area contributed by atoms with Gasteiger partial charge >= 0.3 is 0 Å². The summed E-state index contributed by atoms with van der Waals surface area (Å²) in [5.74, 6) is 3.25. The number of thiocarbonyl (C=S) groups is 1. The zero-order valence-electron chi connectivity index (χ0n) is 51.5. The topological polar surface area (TPSA) is 326 Å². The second kappa shape index (κ2) is 37.2. The number of carbonyl (C=O) groups is 4. The van der Waals surface area contributed by atoms with Crippen molar-refractivity contribution >= 4 is 115 Å². The summed E-state index contributed by atoms with van der Waals surface area (Å²) >= 11 is 9.43. The molecule has 0 saturated carbocycles. The predicted octanol–water partition coefficient (Wildman–Crippen LogP) is 9.40. The van der Waals surface area contributed by atoms with Gasteiger partial charge in [-0.2, -0.15) is 0 Å². The van der Waals surface area contributed by atoms with Gasteiger partial charge in [0.2, 0.25) is 23.8 Å². The van der Waals surface area contributed by atoms with Crippen molar-refractivity contribution in [3.63, 3.8) is 0 Å². The molecule has 1 atom stereocenters. The molecule has 0 saturated heterocycles. The molecule has 5 heterocycles. The molecule has 6 aliphatic carbocycles. The third-order valence-corrected chi connectivity index (χ3v) is 15.1. The molecule has 5 aromatic heterocycles. The van der Waals surface area contributed by atoms with E-state index in [2.05, 4.69) is 112 Å². The number of nitrogens with zero attached hydrogens (tertiary/aromatic N) is 11. The first-order valence-corrected chi connectivity index (χ1v) is 30.2. The van der Waals surface area contributed by atoms with Crippen molar-refractivity contribution in [1.29, 1.82) is 0 Å². The van der Waals surface area contributed by atoms with Crippen LogP contribution < -0.4 is 38.5 Å². The fourth-order valence-corrected chi connectivity index (χ4v) is 10.2. The van der Waals surface area contributed by atoms with E-state index >= 15 is 0 Å². The average Bonchev–Trinajstić information content (AvgIpc) is 3.60. The summed E-state index contributed by atoms with van der Waals surface area (Å²) in [6.07, 6.45) is 28.7. The molecule has 0 aromatic carbocycles. The highest BCUT2D eigenvalue weighted by Gasteiger charge is 2.27. The van der Waals surface area contributed by atoms with E-state index in [0.29, 0.717) is 52.4 Å². The smallest absolute Gasteiger partial charge is 0.223 e. The molecule has 6 aliphatic rings. The number of thiazole rings is 1. The number of halogens is 2. The molecule has 22 nitrogen and oxygen atoms in total. The van der Waals surface area contributed by atoms with Gasteiger partial charge in [0.05, 0.1) is 26.2 Å². The lowest BCUT2D eigenvalue weighted by Crippen LogP contribution is -2.24. The lowest BCUT2D eigenvalue weighted by Gasteiger charge is -2.17. The van der Waals surface area contributed by atoms with Crippen molar-refractivity contribution in [3.05, 3.63) is 115 Å². The van der Waals surface area contributed by atoms with Gasteiger partial charge in [-0.1, -0.05) is 46.4 Å². The van der Waals surface area contributed by atoms with Crippen LogP contribution in [0.3, 0.4) is 0 Å². The molecular weight excluding hydrogens is 1220 g/mol. The number of aryl methyl sites for hydroxylation is 6. The molecular formula is C60H84BrClN18O4S2. The minimum absolute atomic E-state index is 0. The van der Waals surface area contributed by atoms with E-state index in [0.717, 1.165) is 133 Å². The van der Waals surface area contributed by atoms with Crippen LogP contribution in [0.4, 0.5) is 23.8 Å². The number of anilines is 4. The number of allylic oxidation sites excluding steroid dienone is 7. The monoisotopic (exact) mass is 1300 g/mol. The summed E-state index contributed by atoms with van der Waals surface area (Å²) < 4.78 is 0. The predicted molar refractivity (Wildman–Crippen MR) is 358 cm³/mol. The lowest BCUT2D eigenvalue weighted by molar-refractivity contribution is -0.116. The first-order valence-electron chi connectivity index (χ1n) is 28.1. The molecule has 464 valence electrons. The quantitative estimate of drug-likeness (QED) is 0.0283. The highest BCUT2D eigenvalue weighted by Crippen LogP contribution is 2.35. The third-order valence-electron chi connectivity index (χ3n) is 13.2. The van der Waals surface area contributed by atoms with Gasteiger partial charge in [-0.3, -0.25) is 24.2 Å². The Labute approximate surface area is 529 Å². The molecule has 11 rings (SSSR count). The van der Waals surface area contributed by atoms with Gasteiger partial charge in [0, 0.05) is 109 Å². The van der Waals surface area contributed by atoms with Gasteiger partial charge in [0.1, 0.15) is 17.1 Å². The second-order valence-electron chi connectivity index (χ2n) is 20.2. The summed E-state index contributed by atoms with van der Waals surface area (Å²) in [5.41, 5.74) is 27.2. The van der Waals surface area contributed by atoms with Crippen molar-refractivity contribution in [2.24, 2.45) is 22.2 Å². The number of alkyl halides is 1. The lowest BCUT2D eigenvalue weighted by atomic mass is 9.94. The van der Waals surface area contributed by atoms with Gasteiger partial charge < -0.3 is 43.4 Å². The van der Waals surface area contributed by atoms with Crippen LogP contribution in [0.5, 0.6) is 0 Å². The van der Waals surface area contributed by atoms with Crippen molar-refractivity contribution in [2.45, 2.75) is 129 Å². The largest absolute Gasteiger partial charge is 0.394 e. The maximum absolute atomic E-state index is 11.7. The van der Waals surface area contributed by atoms with Crippen LogP contribution in [0, 0.1) is 6.92 Å². The van der Waals surface area contributed by atoms with E-state index < -0.39 is 0 Å². The number of Topliss-reactive ketones (excluding diaryl/α,β-unsaturated/α-hetero) is 4. The Kier molecular flexibility index (Phi) is 31.4. The number of hydrogen-bond donors (Lipinski definition) is 7. The van der Waals surface area contributed by atoms with E-state index in [-0.39, 0.29) is 40.5 Å². The zero-order chi connectivity index (χ0) is 62.8. The Balaban J connectivity index is 0.000000264. The number of nitrogens with one attached hydrogen (secondary N) is 4. The van der Waals surface area contributed by atoms with E-state index in [1.54, 1.807) is 44.7 Å². The zero-order valence-corrected chi connectivity index (χ0v) is 55.5. The fourth-order valence-electron chi connectivity index (χ4n) is 8.80. The van der Waals surface area contributed by atoms with Gasteiger partial charge in [-0.25, -0.2) is 44.9 Å². The van der Waals surface area contributed by atoms with Crippen LogP contribution in [0.15, 0.2) is 70.9 Å². The molecule has 26 heteroatoms. The highest BCUT2D eigenvalue weighted by molar-refractivity contribution is 9.10. The van der Waals surface area contributed by atoms with Crippen LogP contribution in [0.2, 0.25) is 0 Å². The number of hydrogen-bond acceptors (Lipinski definition) is 21. The third kappa shape index (κ3) is 23.1. The van der Waals surface area contributed by atoms with Crippen molar-refractivity contribution in [2.75, 3.05) is 70.6 Å². The molecule has 5 aromatic rings. The number of ketones is 4. The Morgan fingerprint density at radius 3 is 1.58 bits per heavy atom. The Bertz CT molecular complexity index is 3290. The Hall–Kier alpha value is -7.48. The minimum atomic E-state index is -0.0883. The molecule has 0 aliphatic heterocycles. The van der Waals surface area contributed by atoms with Crippen LogP contribution in [-0.4, -0.2) is 138 Å². The number of fused-ring (bicyclic) bond motifs is 6. The van der Waals surface area contributed by atoms with Crippen LogP contribution >= 0.6 is 51.9 Å². The van der Waals surface area contributed by atoms with Crippen molar-refractivity contribution in [1.82, 2.24) is 49.8 Å². The Morgan fingerprint density at radius 1 is 0.605 bits per heavy atom. The molecule has 0 amide bonds. The van der Waals surface area contributed by atoms with E-state index in [1.807, 2.05) is 84.6 Å². The number of rotatable bonds is 5. The molecule has 0 bridgehead atoms. The average molecular weight is 1300 g/mol. The van der Waals surface area contributed by atoms with Gasteiger partial charge in [0.15, 0.2) is 29.1 Å². The summed E-state index contributed by atoms with van der Waals surface area (Å²) in [6, 6.07) is 0. The highest BCUT2D eigenvalue weighted by atomic mass is 79.9. The molecule has 10 N–H and O–H groups in total. The summed E-state index contributed by atoms with van der Waals surface area (Å²) in [4.78, 5) is 90.8. The van der Waals surface area contributed by atoms with Crippen molar-refractivity contribution in [3.8, 4) is 11.4 Å². The van der Waals surface area contributed by atoms with Crippen LogP contribution in [0.1, 0.15) is 144 Å². The molecule has 0 fully saturated rings. The number of guanidine groups is 1. The summed E-state index contributed by atoms with van der Waals surface area (Å²) in [5, 5.41) is 12.7. The van der Waals surface area contributed by atoms with Gasteiger partial charge in [-0.05, 0) is 145 Å². The maximum Gasteiger partial charge on any atom is 0.223 e. The van der Waals surface area contributed by atoms with E-state index in [9.17, 15) is 19.2 Å². The number of aromatic nitrogens is 9. The number of carbonyl (C=O) groups excluding carboxylic acids is 4. The van der Waals surface area contributed by atoms with Crippen LogP contribution in [0.25, 0.3) is 17.0 Å². The number of aliphatic imine (C=N–C) groups is 1. The molecule has 0 radical (unpaired) electrons. The summed E-state index contributed by atoms with van der Waals surface area (Å²) in [6.45, 7) is 9.59. The maximum atomic E-state index is 11.7. The SMILES string of the molecule is CC(N)=S.CC1=CCC/C(=C/N(C)C)C1=O.CC1=CCCCC1=O.CN=C(N)N.CNc1ncc2c(n1)-c1nc(C)sc1CC2.CNc1ncc2c(n1)C(=O)C(Br)CC2.CNc1ncc2c(n1)C(=O)CCC2.CNc1ncc2c(n1)C(C)=CCC2.Cl. The van der Waals surface area contributed by atoms with Crippen LogP contribution in [-0.2, 0) is 41.7 Å². The fraction of sp³-hybridized carbons (Fsp3) is 0.450. The summed E-state index contributed by atoms with van der Waals surface area (Å²) in [7, 11) is 12.6. The molecule has 1 unspecified atom stereocenters. The van der Waals surface area contributed by atoms with Crippen molar-refractivity contribution < 1.29 is 19.2 Å². The first-order chi connectivity index (χ1) is 40.5. The number of nitrogens with two attached hydrogens (primary N) is 3. The van der Waals surface area contributed by atoms with Gasteiger partial charge in [0.25, 0.3) is 0 Å². The van der Waals surface area contributed by atoms with E-state index in [4.69, 9.17) is 17.2 Å².